The summed E-state index contributed by atoms with van der Waals surface area (Å²) < 4.78 is 0. The van der Waals surface area contributed by atoms with Gasteiger partial charge in [-0.1, -0.05) is 0 Å². The summed E-state index contributed by atoms with van der Waals surface area (Å²) in [5, 5.41) is 0. The first-order chi connectivity index (χ1) is 7.43. The third kappa shape index (κ3) is 1.42. The average molecular weight is 195 g/mol. The van der Waals surface area contributed by atoms with E-state index in [0.29, 0.717) is 0 Å². The molecule has 0 unspecified atom stereocenters. The van der Waals surface area contributed by atoms with Gasteiger partial charge in [-0.05, 0) is 29.4 Å². The molecule has 0 atom stereocenters. The predicted molar refractivity (Wildman–Crippen MR) is 59.4 cm³/mol. The van der Waals surface area contributed by atoms with Gasteiger partial charge in [0.15, 0.2) is 0 Å². The predicted octanol–water partition coefficient (Wildman–Crippen LogP) is 1.94. The van der Waals surface area contributed by atoms with Crippen molar-refractivity contribution in [2.24, 2.45) is 4.99 Å². The van der Waals surface area contributed by atoms with Crippen LogP contribution in [0.5, 0.6) is 0 Å². The summed E-state index contributed by atoms with van der Waals surface area (Å²) in [6.45, 7) is 0. The summed E-state index contributed by atoms with van der Waals surface area (Å²) in [6.07, 6.45) is 14.0. The number of hydrogen-bond donors (Lipinski definition) is 0. The van der Waals surface area contributed by atoms with Gasteiger partial charge in [0.25, 0.3) is 0 Å². The molecule has 2 aliphatic rings. The molecule has 3 nitrogen and oxygen atoms in total. The molecule has 2 heterocycles. The maximum atomic E-state index is 4.32. The van der Waals surface area contributed by atoms with E-state index in [0.717, 1.165) is 17.8 Å². The summed E-state index contributed by atoms with van der Waals surface area (Å²) in [5.41, 5.74) is 4.44. The van der Waals surface area contributed by atoms with E-state index in [2.05, 4.69) is 21.0 Å². The minimum atomic E-state index is 0.839. The SMILES string of the molecule is C1=CC2=Cc3nccnc3CC2=CC=N1. The Bertz CT molecular complexity index is 521. The zero-order valence-corrected chi connectivity index (χ0v) is 8.09. The van der Waals surface area contributed by atoms with E-state index in [1.807, 2.05) is 18.4 Å². The summed E-state index contributed by atoms with van der Waals surface area (Å²) in [5.74, 6) is 0. The number of rotatable bonds is 0. The lowest BCUT2D eigenvalue weighted by atomic mass is 9.93. The highest BCUT2D eigenvalue weighted by Crippen LogP contribution is 2.26. The van der Waals surface area contributed by atoms with Gasteiger partial charge < -0.3 is 0 Å². The Labute approximate surface area is 87.6 Å². The zero-order valence-electron chi connectivity index (χ0n) is 8.09. The highest BCUT2D eigenvalue weighted by molar-refractivity contribution is 5.79. The van der Waals surface area contributed by atoms with Crippen LogP contribution in [-0.2, 0) is 6.42 Å². The smallest absolute Gasteiger partial charge is 0.0854 e. The normalized spacial score (nSPS) is 17.3. The molecule has 15 heavy (non-hydrogen) atoms. The van der Waals surface area contributed by atoms with Crippen LogP contribution in [0.2, 0.25) is 0 Å². The number of fused-ring (bicyclic) bond motifs is 2. The van der Waals surface area contributed by atoms with Crippen molar-refractivity contribution < 1.29 is 0 Å². The minimum absolute atomic E-state index is 0.839. The molecule has 0 bridgehead atoms. The van der Waals surface area contributed by atoms with Crippen LogP contribution in [0.3, 0.4) is 0 Å². The first kappa shape index (κ1) is 8.29. The van der Waals surface area contributed by atoms with Crippen molar-refractivity contribution in [1.82, 2.24) is 9.97 Å². The van der Waals surface area contributed by atoms with Gasteiger partial charge in [-0.2, -0.15) is 0 Å². The first-order valence-electron chi connectivity index (χ1n) is 4.84. The molecular weight excluding hydrogens is 186 g/mol. The molecule has 0 spiro atoms. The van der Waals surface area contributed by atoms with Gasteiger partial charge in [-0.3, -0.25) is 15.0 Å². The first-order valence-corrected chi connectivity index (χ1v) is 4.84. The van der Waals surface area contributed by atoms with Crippen LogP contribution < -0.4 is 0 Å². The summed E-state index contributed by atoms with van der Waals surface area (Å²) in [4.78, 5) is 12.7. The van der Waals surface area contributed by atoms with Crippen molar-refractivity contribution in [1.29, 1.82) is 0 Å². The molecule has 0 N–H and O–H groups in total. The Kier molecular flexibility index (Phi) is 1.81. The number of aliphatic imine (C=N–C) groups is 1. The number of hydrogen-bond acceptors (Lipinski definition) is 3. The van der Waals surface area contributed by atoms with Crippen LogP contribution in [0, 0.1) is 0 Å². The molecule has 0 fully saturated rings. The van der Waals surface area contributed by atoms with Crippen molar-refractivity contribution in [3.63, 3.8) is 0 Å². The lowest BCUT2D eigenvalue weighted by molar-refractivity contribution is 0.995. The van der Waals surface area contributed by atoms with Gasteiger partial charge in [-0.15, -0.1) is 0 Å². The molecule has 1 aliphatic carbocycles. The second-order valence-corrected chi connectivity index (χ2v) is 3.47. The van der Waals surface area contributed by atoms with E-state index in [4.69, 9.17) is 0 Å². The Morgan fingerprint density at radius 2 is 2.07 bits per heavy atom. The Balaban J connectivity index is 2.17. The molecule has 72 valence electrons. The maximum absolute atomic E-state index is 4.32. The van der Waals surface area contributed by atoms with E-state index in [-0.39, 0.29) is 0 Å². The molecule has 1 aromatic rings. The van der Waals surface area contributed by atoms with Gasteiger partial charge >= 0.3 is 0 Å². The topological polar surface area (TPSA) is 38.1 Å². The molecule has 3 rings (SSSR count). The maximum Gasteiger partial charge on any atom is 0.0854 e. The molecule has 0 radical (unpaired) electrons. The fourth-order valence-corrected chi connectivity index (χ4v) is 1.77. The molecule has 0 aromatic carbocycles. The van der Waals surface area contributed by atoms with Gasteiger partial charge in [-0.25, -0.2) is 0 Å². The van der Waals surface area contributed by atoms with Crippen molar-refractivity contribution in [2.45, 2.75) is 6.42 Å². The van der Waals surface area contributed by atoms with Crippen molar-refractivity contribution >= 4 is 12.3 Å². The second kappa shape index (κ2) is 3.28. The zero-order chi connectivity index (χ0) is 10.1. The molecule has 0 amide bonds. The van der Waals surface area contributed by atoms with Crippen LogP contribution in [-0.4, -0.2) is 16.2 Å². The Morgan fingerprint density at radius 3 is 3.07 bits per heavy atom. The summed E-state index contributed by atoms with van der Waals surface area (Å²) in [6, 6.07) is 0. The number of allylic oxidation sites excluding steroid dienone is 4. The average Bonchev–Trinajstić information content (AvgIpc) is 2.50. The van der Waals surface area contributed by atoms with Crippen LogP contribution in [0.4, 0.5) is 0 Å². The van der Waals surface area contributed by atoms with E-state index in [1.165, 1.54) is 11.1 Å². The van der Waals surface area contributed by atoms with E-state index < -0.39 is 0 Å². The van der Waals surface area contributed by atoms with Crippen LogP contribution in [0.1, 0.15) is 11.4 Å². The molecule has 3 heteroatoms. The van der Waals surface area contributed by atoms with Crippen molar-refractivity contribution in [3.05, 3.63) is 53.3 Å². The van der Waals surface area contributed by atoms with E-state index in [1.54, 1.807) is 18.6 Å². The van der Waals surface area contributed by atoms with Gasteiger partial charge in [0, 0.05) is 31.2 Å². The lowest BCUT2D eigenvalue weighted by Crippen LogP contribution is -2.05. The number of nitrogens with zero attached hydrogens (tertiary/aromatic N) is 3. The largest absolute Gasteiger partial charge is 0.265 e. The van der Waals surface area contributed by atoms with Crippen LogP contribution >= 0.6 is 0 Å². The fraction of sp³-hybridized carbons (Fsp3) is 0.0833. The fourth-order valence-electron chi connectivity index (χ4n) is 1.77. The lowest BCUT2D eigenvalue weighted by Gasteiger charge is -2.14. The second-order valence-electron chi connectivity index (χ2n) is 3.47. The molecule has 0 saturated heterocycles. The molecule has 0 saturated carbocycles. The van der Waals surface area contributed by atoms with Crippen LogP contribution in [0.25, 0.3) is 6.08 Å². The third-order valence-electron chi connectivity index (χ3n) is 2.53. The molecule has 1 aliphatic heterocycles. The number of aromatic nitrogens is 2. The summed E-state index contributed by atoms with van der Waals surface area (Å²) in [7, 11) is 0. The van der Waals surface area contributed by atoms with Gasteiger partial charge in [0.05, 0.1) is 11.4 Å². The Hall–Kier alpha value is -2.03. The highest BCUT2D eigenvalue weighted by Gasteiger charge is 2.15. The van der Waals surface area contributed by atoms with Gasteiger partial charge in [0.1, 0.15) is 0 Å². The summed E-state index contributed by atoms with van der Waals surface area (Å²) >= 11 is 0. The van der Waals surface area contributed by atoms with Gasteiger partial charge in [0.2, 0.25) is 0 Å². The minimum Gasteiger partial charge on any atom is -0.265 e. The van der Waals surface area contributed by atoms with E-state index in [9.17, 15) is 0 Å². The monoisotopic (exact) mass is 195 g/mol. The third-order valence-corrected chi connectivity index (χ3v) is 2.53. The quantitative estimate of drug-likeness (QED) is 0.634. The van der Waals surface area contributed by atoms with E-state index >= 15 is 0 Å². The molecular formula is C12H9N3. The van der Waals surface area contributed by atoms with Crippen LogP contribution in [0.15, 0.2) is 46.9 Å². The highest BCUT2D eigenvalue weighted by atomic mass is 14.8. The van der Waals surface area contributed by atoms with Crippen molar-refractivity contribution in [2.75, 3.05) is 0 Å². The standard InChI is InChI=1S/C12H9N3/c1-3-13-4-2-10-8-12-11(7-9(1)10)14-5-6-15-12/h1-7H,8H2. The van der Waals surface area contributed by atoms with Crippen molar-refractivity contribution in [3.8, 4) is 0 Å². The Morgan fingerprint density at radius 1 is 1.13 bits per heavy atom. The molecule has 1 aromatic heterocycles.